The van der Waals surface area contributed by atoms with Crippen molar-refractivity contribution >= 4 is 29.0 Å². The zero-order chi connectivity index (χ0) is 12.4. The van der Waals surface area contributed by atoms with Gasteiger partial charge in [-0.05, 0) is 23.8 Å². The Balaban J connectivity index is 2.49. The Kier molecular flexibility index (Phi) is 3.52. The van der Waals surface area contributed by atoms with Crippen molar-refractivity contribution < 1.29 is 5.11 Å². The quantitative estimate of drug-likeness (QED) is 0.880. The van der Waals surface area contributed by atoms with Gasteiger partial charge in [-0.25, -0.2) is 4.98 Å². The molecule has 88 valence electrons. The third-order valence-corrected chi connectivity index (χ3v) is 3.16. The van der Waals surface area contributed by atoms with Gasteiger partial charge in [0.1, 0.15) is 5.82 Å². The molecule has 17 heavy (non-hydrogen) atoms. The molecule has 5 heteroatoms. The van der Waals surface area contributed by atoms with Crippen LogP contribution < -0.4 is 5.73 Å². The van der Waals surface area contributed by atoms with Crippen LogP contribution in [-0.4, -0.2) is 10.1 Å². The van der Waals surface area contributed by atoms with E-state index in [2.05, 4.69) is 4.98 Å². The van der Waals surface area contributed by atoms with Gasteiger partial charge in [0.25, 0.3) is 0 Å². The van der Waals surface area contributed by atoms with E-state index in [0.29, 0.717) is 21.4 Å². The number of nitrogens with two attached hydrogens (primary N) is 1. The van der Waals surface area contributed by atoms with Gasteiger partial charge in [-0.1, -0.05) is 29.3 Å². The van der Waals surface area contributed by atoms with Gasteiger partial charge in [0, 0.05) is 17.3 Å². The lowest BCUT2D eigenvalue weighted by molar-refractivity contribution is 0.282. The molecule has 0 saturated carbocycles. The Morgan fingerprint density at radius 3 is 2.53 bits per heavy atom. The maximum absolute atomic E-state index is 9.12. The number of aliphatic hydroxyl groups is 1. The third kappa shape index (κ3) is 2.52. The van der Waals surface area contributed by atoms with E-state index in [1.165, 1.54) is 0 Å². The summed E-state index contributed by atoms with van der Waals surface area (Å²) < 4.78 is 0. The molecule has 0 aliphatic carbocycles. The molecule has 0 saturated heterocycles. The monoisotopic (exact) mass is 268 g/mol. The molecule has 2 aromatic rings. The average Bonchev–Trinajstić information content (AvgIpc) is 2.33. The van der Waals surface area contributed by atoms with Crippen LogP contribution in [-0.2, 0) is 6.61 Å². The molecule has 3 nitrogen and oxygen atoms in total. The molecule has 0 aliphatic rings. The Labute approximate surface area is 109 Å². The summed E-state index contributed by atoms with van der Waals surface area (Å²) in [6.45, 7) is -0.145. The van der Waals surface area contributed by atoms with Gasteiger partial charge in [0.15, 0.2) is 0 Å². The topological polar surface area (TPSA) is 59.1 Å². The van der Waals surface area contributed by atoms with Crippen LogP contribution in [0.3, 0.4) is 0 Å². The lowest BCUT2D eigenvalue weighted by atomic mass is 10.1. The van der Waals surface area contributed by atoms with Crippen LogP contribution in [0.4, 0.5) is 5.82 Å². The second kappa shape index (κ2) is 4.92. The molecule has 3 N–H and O–H groups in total. The van der Waals surface area contributed by atoms with Crippen molar-refractivity contribution in [2.45, 2.75) is 6.61 Å². The summed E-state index contributed by atoms with van der Waals surface area (Å²) in [5, 5.41) is 10.1. The molecule has 0 amide bonds. The molecular formula is C12H10Cl2N2O. The Hall–Kier alpha value is -1.29. The Bertz CT molecular complexity index is 558. The van der Waals surface area contributed by atoms with Crippen molar-refractivity contribution in [1.82, 2.24) is 4.98 Å². The molecule has 1 aromatic carbocycles. The highest BCUT2D eigenvalue weighted by atomic mass is 35.5. The standard InChI is InChI=1S/C12H10Cl2N2O/c13-10-2-1-7(4-11(10)14)8-3-9(6-17)12(15)16-5-8/h1-5,17H,6H2,(H2,15,16). The fourth-order valence-electron chi connectivity index (χ4n) is 1.48. The molecule has 0 aliphatic heterocycles. The molecule has 0 atom stereocenters. The number of nitrogen functional groups attached to an aromatic ring is 1. The number of hydrogen-bond donors (Lipinski definition) is 2. The maximum atomic E-state index is 9.12. The highest BCUT2D eigenvalue weighted by Crippen LogP contribution is 2.29. The summed E-state index contributed by atoms with van der Waals surface area (Å²) >= 11 is 11.8. The first-order chi connectivity index (χ1) is 8.11. The molecule has 1 aromatic heterocycles. The highest BCUT2D eigenvalue weighted by Gasteiger charge is 2.05. The number of aromatic nitrogens is 1. The summed E-state index contributed by atoms with van der Waals surface area (Å²) in [7, 11) is 0. The van der Waals surface area contributed by atoms with Crippen LogP contribution in [0.15, 0.2) is 30.5 Å². The number of hydrogen-bond acceptors (Lipinski definition) is 3. The average molecular weight is 269 g/mol. The van der Waals surface area contributed by atoms with Gasteiger partial charge in [0.05, 0.1) is 16.7 Å². The first kappa shape index (κ1) is 12.2. The minimum absolute atomic E-state index is 0.145. The molecule has 0 unspecified atom stereocenters. The molecule has 0 spiro atoms. The zero-order valence-corrected chi connectivity index (χ0v) is 10.3. The van der Waals surface area contributed by atoms with Crippen LogP contribution >= 0.6 is 23.2 Å². The van der Waals surface area contributed by atoms with E-state index in [1.54, 1.807) is 24.4 Å². The van der Waals surface area contributed by atoms with Crippen molar-refractivity contribution in [3.63, 3.8) is 0 Å². The summed E-state index contributed by atoms with van der Waals surface area (Å²) in [4.78, 5) is 4.02. The minimum atomic E-state index is -0.145. The van der Waals surface area contributed by atoms with E-state index in [4.69, 9.17) is 34.0 Å². The molecule has 2 rings (SSSR count). The van der Waals surface area contributed by atoms with Gasteiger partial charge in [-0.15, -0.1) is 0 Å². The number of benzene rings is 1. The molecule has 0 bridgehead atoms. The number of halogens is 2. The van der Waals surface area contributed by atoms with E-state index in [-0.39, 0.29) is 6.61 Å². The van der Waals surface area contributed by atoms with Crippen molar-refractivity contribution in [1.29, 1.82) is 0 Å². The smallest absolute Gasteiger partial charge is 0.128 e. The number of rotatable bonds is 2. The molecule has 0 radical (unpaired) electrons. The number of nitrogens with zero attached hydrogens (tertiary/aromatic N) is 1. The zero-order valence-electron chi connectivity index (χ0n) is 8.82. The predicted octanol–water partition coefficient (Wildman–Crippen LogP) is 3.13. The van der Waals surface area contributed by atoms with Crippen molar-refractivity contribution in [2.75, 3.05) is 5.73 Å². The fraction of sp³-hybridized carbons (Fsp3) is 0.0833. The first-order valence-corrected chi connectivity index (χ1v) is 5.68. The maximum Gasteiger partial charge on any atom is 0.128 e. The summed E-state index contributed by atoms with van der Waals surface area (Å²) in [6.07, 6.45) is 1.63. The summed E-state index contributed by atoms with van der Waals surface area (Å²) in [6, 6.07) is 7.08. The first-order valence-electron chi connectivity index (χ1n) is 4.92. The van der Waals surface area contributed by atoms with Crippen molar-refractivity contribution in [3.05, 3.63) is 46.1 Å². The van der Waals surface area contributed by atoms with E-state index in [9.17, 15) is 0 Å². The summed E-state index contributed by atoms with van der Waals surface area (Å²) in [5.74, 6) is 0.330. The Morgan fingerprint density at radius 2 is 1.88 bits per heavy atom. The molecule has 1 heterocycles. The number of pyridine rings is 1. The van der Waals surface area contributed by atoms with Gasteiger partial charge in [0.2, 0.25) is 0 Å². The van der Waals surface area contributed by atoms with Gasteiger partial charge in [-0.2, -0.15) is 0 Å². The Morgan fingerprint density at radius 1 is 1.12 bits per heavy atom. The van der Waals surface area contributed by atoms with E-state index in [1.807, 2.05) is 6.07 Å². The van der Waals surface area contributed by atoms with Crippen LogP contribution in [0.1, 0.15) is 5.56 Å². The van der Waals surface area contributed by atoms with E-state index in [0.717, 1.165) is 11.1 Å². The fourth-order valence-corrected chi connectivity index (χ4v) is 1.78. The summed E-state index contributed by atoms with van der Waals surface area (Å²) in [5.41, 5.74) is 7.92. The van der Waals surface area contributed by atoms with Crippen molar-refractivity contribution in [2.24, 2.45) is 0 Å². The lowest BCUT2D eigenvalue weighted by Gasteiger charge is -2.06. The van der Waals surface area contributed by atoms with Gasteiger partial charge >= 0.3 is 0 Å². The van der Waals surface area contributed by atoms with Gasteiger partial charge < -0.3 is 10.8 Å². The van der Waals surface area contributed by atoms with Crippen LogP contribution in [0.25, 0.3) is 11.1 Å². The van der Waals surface area contributed by atoms with Crippen LogP contribution in [0, 0.1) is 0 Å². The SMILES string of the molecule is Nc1ncc(-c2ccc(Cl)c(Cl)c2)cc1CO. The number of anilines is 1. The minimum Gasteiger partial charge on any atom is -0.392 e. The van der Waals surface area contributed by atoms with Crippen LogP contribution in [0.5, 0.6) is 0 Å². The molecule has 0 fully saturated rings. The largest absolute Gasteiger partial charge is 0.392 e. The lowest BCUT2D eigenvalue weighted by Crippen LogP contribution is -1.97. The van der Waals surface area contributed by atoms with E-state index < -0.39 is 0 Å². The number of aliphatic hydroxyl groups excluding tert-OH is 1. The third-order valence-electron chi connectivity index (χ3n) is 2.42. The second-order valence-corrected chi connectivity index (χ2v) is 4.37. The normalized spacial score (nSPS) is 10.5. The highest BCUT2D eigenvalue weighted by molar-refractivity contribution is 6.42. The van der Waals surface area contributed by atoms with Gasteiger partial charge in [-0.3, -0.25) is 0 Å². The van der Waals surface area contributed by atoms with E-state index >= 15 is 0 Å². The van der Waals surface area contributed by atoms with Crippen molar-refractivity contribution in [3.8, 4) is 11.1 Å². The predicted molar refractivity (Wildman–Crippen MR) is 70.0 cm³/mol. The van der Waals surface area contributed by atoms with Crippen LogP contribution in [0.2, 0.25) is 10.0 Å². The molecular weight excluding hydrogens is 259 g/mol. The second-order valence-electron chi connectivity index (χ2n) is 3.56.